The Hall–Kier alpha value is -2.56. The van der Waals surface area contributed by atoms with Gasteiger partial charge in [0.1, 0.15) is 0 Å². The molecule has 5 nitrogen and oxygen atoms in total. The molecule has 22 heavy (non-hydrogen) atoms. The van der Waals surface area contributed by atoms with E-state index in [1.165, 1.54) is 0 Å². The number of carbonyl (C=O) groups is 1. The Labute approximate surface area is 129 Å². The van der Waals surface area contributed by atoms with Gasteiger partial charge in [-0.05, 0) is 11.6 Å². The zero-order valence-corrected chi connectivity index (χ0v) is 12.6. The van der Waals surface area contributed by atoms with E-state index >= 15 is 0 Å². The first-order chi connectivity index (χ1) is 10.4. The van der Waals surface area contributed by atoms with Crippen molar-refractivity contribution in [3.8, 4) is 0 Å². The van der Waals surface area contributed by atoms with Crippen LogP contribution in [-0.2, 0) is 0 Å². The minimum absolute atomic E-state index is 0.0731. The van der Waals surface area contributed by atoms with Crippen LogP contribution in [0.3, 0.4) is 0 Å². The lowest BCUT2D eigenvalue weighted by Crippen LogP contribution is -2.39. The fraction of sp³-hybridized carbons (Fsp3) is 0.294. The Kier molecular flexibility index (Phi) is 4.65. The molecule has 0 saturated carbocycles. The van der Waals surface area contributed by atoms with Gasteiger partial charge in [0.25, 0.3) is 0 Å². The van der Waals surface area contributed by atoms with Crippen LogP contribution in [0, 0.1) is 10.1 Å². The number of rotatable bonds is 6. The summed E-state index contributed by atoms with van der Waals surface area (Å²) in [6, 6.07) is 12.3. The molecule has 1 unspecified atom stereocenters. The number of benzene rings is 1. The van der Waals surface area contributed by atoms with E-state index < -0.39 is 11.5 Å². The first-order valence-corrected chi connectivity index (χ1v) is 7.05. The maximum absolute atomic E-state index is 12.5. The van der Waals surface area contributed by atoms with Crippen LogP contribution in [0.5, 0.6) is 0 Å². The van der Waals surface area contributed by atoms with Crippen molar-refractivity contribution in [2.45, 2.75) is 31.7 Å². The molecule has 1 atom stereocenters. The van der Waals surface area contributed by atoms with Crippen LogP contribution in [-0.4, -0.2) is 21.2 Å². The largest absolute Gasteiger partial charge is 0.294 e. The first kappa shape index (κ1) is 15.8. The molecule has 114 valence electrons. The monoisotopic (exact) mass is 298 g/mol. The molecule has 0 amide bonds. The van der Waals surface area contributed by atoms with Gasteiger partial charge in [0.2, 0.25) is 5.54 Å². The summed E-state index contributed by atoms with van der Waals surface area (Å²) in [5.74, 6) is -0.645. The quantitative estimate of drug-likeness (QED) is 0.465. The van der Waals surface area contributed by atoms with E-state index in [9.17, 15) is 14.9 Å². The van der Waals surface area contributed by atoms with Gasteiger partial charge >= 0.3 is 0 Å². The Balaban J connectivity index is 2.34. The number of hydrogen-bond donors (Lipinski definition) is 0. The summed E-state index contributed by atoms with van der Waals surface area (Å²) in [5, 5.41) is 11.4. The molecule has 0 bridgehead atoms. The van der Waals surface area contributed by atoms with E-state index in [1.807, 2.05) is 6.07 Å². The molecule has 0 saturated heterocycles. The molecule has 0 N–H and O–H groups in total. The third kappa shape index (κ3) is 3.36. The molecule has 0 aliphatic heterocycles. The highest BCUT2D eigenvalue weighted by atomic mass is 16.6. The molecule has 1 heterocycles. The van der Waals surface area contributed by atoms with E-state index in [-0.39, 0.29) is 17.1 Å². The zero-order chi connectivity index (χ0) is 16.2. The predicted molar refractivity (Wildman–Crippen MR) is 83.4 cm³/mol. The van der Waals surface area contributed by atoms with Gasteiger partial charge in [0, 0.05) is 43.1 Å². The lowest BCUT2D eigenvalue weighted by molar-refractivity contribution is -0.565. The topological polar surface area (TPSA) is 73.1 Å². The fourth-order valence-corrected chi connectivity index (χ4v) is 2.41. The Morgan fingerprint density at radius 1 is 1.23 bits per heavy atom. The van der Waals surface area contributed by atoms with Crippen LogP contribution in [0.4, 0.5) is 0 Å². The summed E-state index contributed by atoms with van der Waals surface area (Å²) in [6.45, 7) is 3.09. The first-order valence-electron chi connectivity index (χ1n) is 7.05. The summed E-state index contributed by atoms with van der Waals surface area (Å²) < 4.78 is 0. The van der Waals surface area contributed by atoms with Gasteiger partial charge in [-0.1, -0.05) is 36.4 Å². The molecule has 0 aliphatic rings. The molecule has 2 aromatic rings. The lowest BCUT2D eigenvalue weighted by atomic mass is 9.79. The maximum atomic E-state index is 12.5. The zero-order valence-electron chi connectivity index (χ0n) is 12.6. The van der Waals surface area contributed by atoms with E-state index in [0.717, 1.165) is 0 Å². The number of aromatic nitrogens is 1. The predicted octanol–water partition coefficient (Wildman–Crippen LogP) is 3.49. The van der Waals surface area contributed by atoms with Crippen LogP contribution >= 0.6 is 0 Å². The van der Waals surface area contributed by atoms with Crippen LogP contribution < -0.4 is 0 Å². The second kappa shape index (κ2) is 6.47. The Morgan fingerprint density at radius 3 is 2.45 bits per heavy atom. The highest BCUT2D eigenvalue weighted by Crippen LogP contribution is 2.34. The van der Waals surface area contributed by atoms with E-state index in [0.29, 0.717) is 11.1 Å². The SMILES string of the molecule is CC(C)(C(CC(=O)c1ccccc1)c1cccnc1)[N+](=O)[O-]. The summed E-state index contributed by atoms with van der Waals surface area (Å²) in [7, 11) is 0. The molecule has 1 aromatic heterocycles. The highest BCUT2D eigenvalue weighted by molar-refractivity contribution is 5.96. The van der Waals surface area contributed by atoms with Gasteiger partial charge in [0.15, 0.2) is 5.78 Å². The van der Waals surface area contributed by atoms with Gasteiger partial charge in [-0.25, -0.2) is 0 Å². The minimum atomic E-state index is -1.26. The fourth-order valence-electron chi connectivity index (χ4n) is 2.41. The number of carbonyl (C=O) groups excluding carboxylic acids is 1. The second-order valence-electron chi connectivity index (χ2n) is 5.74. The normalized spacial score (nSPS) is 12.6. The number of ketones is 1. The summed E-state index contributed by atoms with van der Waals surface area (Å²) in [5.41, 5.74) is 0.0111. The van der Waals surface area contributed by atoms with Crippen LogP contribution in [0.1, 0.15) is 42.1 Å². The molecule has 0 fully saturated rings. The molecule has 2 rings (SSSR count). The highest BCUT2D eigenvalue weighted by Gasteiger charge is 2.43. The van der Waals surface area contributed by atoms with Crippen molar-refractivity contribution in [2.24, 2.45) is 0 Å². The molecule has 0 spiro atoms. The van der Waals surface area contributed by atoms with Crippen molar-refractivity contribution in [3.63, 3.8) is 0 Å². The number of nitrogens with zero attached hydrogens (tertiary/aromatic N) is 2. The van der Waals surface area contributed by atoms with Gasteiger partial charge in [-0.15, -0.1) is 0 Å². The van der Waals surface area contributed by atoms with Crippen molar-refractivity contribution in [2.75, 3.05) is 0 Å². The van der Waals surface area contributed by atoms with Crippen molar-refractivity contribution in [1.29, 1.82) is 0 Å². The second-order valence-corrected chi connectivity index (χ2v) is 5.74. The molecular weight excluding hydrogens is 280 g/mol. The van der Waals surface area contributed by atoms with Crippen molar-refractivity contribution >= 4 is 5.78 Å². The molecule has 5 heteroatoms. The number of hydrogen-bond acceptors (Lipinski definition) is 4. The number of Topliss-reactive ketones (excluding diaryl/α,β-unsaturated/α-hetero) is 1. The van der Waals surface area contributed by atoms with Crippen molar-refractivity contribution in [1.82, 2.24) is 4.98 Å². The number of pyridine rings is 1. The molecular formula is C17H18N2O3. The third-order valence-electron chi connectivity index (χ3n) is 3.90. The van der Waals surface area contributed by atoms with Gasteiger partial charge in [-0.3, -0.25) is 19.9 Å². The average Bonchev–Trinajstić information content (AvgIpc) is 2.53. The number of nitro groups is 1. The van der Waals surface area contributed by atoms with Crippen molar-refractivity contribution < 1.29 is 9.72 Å². The van der Waals surface area contributed by atoms with E-state index in [4.69, 9.17) is 0 Å². The molecule has 0 aliphatic carbocycles. The standard InChI is InChI=1S/C17H18N2O3/c1-17(2,19(21)22)15(14-9-6-10-18-12-14)11-16(20)13-7-4-3-5-8-13/h3-10,12,15H,11H2,1-2H3. The molecule has 0 radical (unpaired) electrons. The van der Waals surface area contributed by atoms with Crippen LogP contribution in [0.25, 0.3) is 0 Å². The third-order valence-corrected chi connectivity index (χ3v) is 3.90. The van der Waals surface area contributed by atoms with E-state index in [2.05, 4.69) is 4.98 Å². The van der Waals surface area contributed by atoms with Gasteiger partial charge < -0.3 is 0 Å². The maximum Gasteiger partial charge on any atom is 0.224 e. The summed E-state index contributed by atoms with van der Waals surface area (Å²) in [4.78, 5) is 27.6. The minimum Gasteiger partial charge on any atom is -0.294 e. The van der Waals surface area contributed by atoms with Gasteiger partial charge in [0.05, 0.1) is 5.92 Å². The Bertz CT molecular complexity index is 654. The van der Waals surface area contributed by atoms with Crippen LogP contribution in [0.2, 0.25) is 0 Å². The summed E-state index contributed by atoms with van der Waals surface area (Å²) >= 11 is 0. The van der Waals surface area contributed by atoms with Crippen molar-refractivity contribution in [3.05, 3.63) is 76.1 Å². The molecule has 1 aromatic carbocycles. The smallest absolute Gasteiger partial charge is 0.224 e. The summed E-state index contributed by atoms with van der Waals surface area (Å²) in [6.07, 6.45) is 3.27. The Morgan fingerprint density at radius 2 is 1.91 bits per heavy atom. The van der Waals surface area contributed by atoms with E-state index in [1.54, 1.807) is 62.6 Å². The lowest BCUT2D eigenvalue weighted by Gasteiger charge is -2.26. The van der Waals surface area contributed by atoms with Crippen LogP contribution in [0.15, 0.2) is 54.9 Å². The van der Waals surface area contributed by atoms with Gasteiger partial charge in [-0.2, -0.15) is 0 Å². The average molecular weight is 298 g/mol.